The first-order valence-electron chi connectivity index (χ1n) is 5.57. The van der Waals surface area contributed by atoms with Gasteiger partial charge in [0.25, 0.3) is 0 Å². The van der Waals surface area contributed by atoms with E-state index in [1.807, 2.05) is 31.2 Å². The SMILES string of the molecule is CC[C@H](O)c1ccc(OCc2cncs2)cc1. The molecule has 0 radical (unpaired) electrons. The summed E-state index contributed by atoms with van der Waals surface area (Å²) < 4.78 is 5.61. The summed E-state index contributed by atoms with van der Waals surface area (Å²) in [6.45, 7) is 2.50. The van der Waals surface area contributed by atoms with E-state index in [2.05, 4.69) is 4.98 Å². The molecule has 0 aliphatic carbocycles. The van der Waals surface area contributed by atoms with Crippen molar-refractivity contribution in [3.8, 4) is 5.75 Å². The van der Waals surface area contributed by atoms with Gasteiger partial charge < -0.3 is 9.84 Å². The predicted octanol–water partition coefficient (Wildman–Crippen LogP) is 3.17. The number of aromatic nitrogens is 1. The molecule has 2 aromatic rings. The molecule has 0 unspecified atom stereocenters. The van der Waals surface area contributed by atoms with Crippen molar-refractivity contribution in [2.75, 3.05) is 0 Å². The van der Waals surface area contributed by atoms with Crippen LogP contribution in [0, 0.1) is 0 Å². The molecule has 17 heavy (non-hydrogen) atoms. The van der Waals surface area contributed by atoms with E-state index in [1.165, 1.54) is 0 Å². The van der Waals surface area contributed by atoms with Gasteiger partial charge in [-0.05, 0) is 24.1 Å². The Morgan fingerprint density at radius 2 is 2.12 bits per heavy atom. The summed E-state index contributed by atoms with van der Waals surface area (Å²) in [6, 6.07) is 7.57. The quantitative estimate of drug-likeness (QED) is 0.885. The van der Waals surface area contributed by atoms with Gasteiger partial charge in [0.05, 0.1) is 16.5 Å². The summed E-state index contributed by atoms with van der Waals surface area (Å²) in [6.07, 6.45) is 2.14. The van der Waals surface area contributed by atoms with Crippen molar-refractivity contribution >= 4 is 11.3 Å². The second-order valence-electron chi connectivity index (χ2n) is 3.75. The number of thiazole rings is 1. The lowest BCUT2D eigenvalue weighted by Gasteiger charge is -2.09. The highest BCUT2D eigenvalue weighted by molar-refractivity contribution is 7.09. The van der Waals surface area contributed by atoms with Gasteiger partial charge in [0, 0.05) is 6.20 Å². The van der Waals surface area contributed by atoms with E-state index in [0.29, 0.717) is 6.61 Å². The highest BCUT2D eigenvalue weighted by Gasteiger charge is 2.04. The van der Waals surface area contributed by atoms with Gasteiger partial charge in [-0.1, -0.05) is 19.1 Å². The van der Waals surface area contributed by atoms with Crippen LogP contribution in [0.4, 0.5) is 0 Å². The number of benzene rings is 1. The fraction of sp³-hybridized carbons (Fsp3) is 0.308. The van der Waals surface area contributed by atoms with E-state index in [4.69, 9.17) is 4.74 Å². The maximum atomic E-state index is 9.65. The molecule has 4 heteroatoms. The van der Waals surface area contributed by atoms with Gasteiger partial charge in [0.2, 0.25) is 0 Å². The van der Waals surface area contributed by atoms with Crippen molar-refractivity contribution in [3.05, 3.63) is 46.4 Å². The third kappa shape index (κ3) is 3.28. The zero-order valence-corrected chi connectivity index (χ0v) is 10.5. The Morgan fingerprint density at radius 3 is 2.71 bits per heavy atom. The number of aliphatic hydroxyl groups excluding tert-OH is 1. The fourth-order valence-corrected chi connectivity index (χ4v) is 2.00. The van der Waals surface area contributed by atoms with Crippen LogP contribution in [-0.4, -0.2) is 10.1 Å². The number of hydrogen-bond donors (Lipinski definition) is 1. The van der Waals surface area contributed by atoms with Crippen LogP contribution < -0.4 is 4.74 Å². The molecule has 2 rings (SSSR count). The molecule has 0 aliphatic rings. The van der Waals surface area contributed by atoms with Crippen LogP contribution in [0.2, 0.25) is 0 Å². The normalized spacial score (nSPS) is 12.4. The Balaban J connectivity index is 1.94. The first-order chi connectivity index (χ1) is 8.29. The molecule has 0 saturated carbocycles. The summed E-state index contributed by atoms with van der Waals surface area (Å²) >= 11 is 1.58. The number of nitrogens with zero attached hydrogens (tertiary/aromatic N) is 1. The highest BCUT2D eigenvalue weighted by Crippen LogP contribution is 2.20. The monoisotopic (exact) mass is 249 g/mol. The maximum absolute atomic E-state index is 9.65. The summed E-state index contributed by atoms with van der Waals surface area (Å²) in [7, 11) is 0. The molecule has 90 valence electrons. The fourth-order valence-electron chi connectivity index (χ4n) is 1.49. The van der Waals surface area contributed by atoms with E-state index in [1.54, 1.807) is 23.0 Å². The Labute approximate surface area is 105 Å². The molecule has 3 nitrogen and oxygen atoms in total. The first-order valence-corrected chi connectivity index (χ1v) is 6.45. The van der Waals surface area contributed by atoms with Crippen LogP contribution in [0.25, 0.3) is 0 Å². The van der Waals surface area contributed by atoms with Gasteiger partial charge >= 0.3 is 0 Å². The zero-order chi connectivity index (χ0) is 12.1. The van der Waals surface area contributed by atoms with Crippen molar-refractivity contribution in [3.63, 3.8) is 0 Å². The minimum atomic E-state index is -0.384. The summed E-state index contributed by atoms with van der Waals surface area (Å²) in [5.41, 5.74) is 2.72. The largest absolute Gasteiger partial charge is 0.488 e. The van der Waals surface area contributed by atoms with Crippen LogP contribution in [-0.2, 0) is 6.61 Å². The molecule has 0 saturated heterocycles. The van der Waals surface area contributed by atoms with Crippen molar-refractivity contribution < 1.29 is 9.84 Å². The van der Waals surface area contributed by atoms with Crippen molar-refractivity contribution in [2.45, 2.75) is 26.1 Å². The van der Waals surface area contributed by atoms with Gasteiger partial charge in [0.15, 0.2) is 0 Å². The Bertz CT molecular complexity index is 439. The van der Waals surface area contributed by atoms with Crippen molar-refractivity contribution in [1.29, 1.82) is 0 Å². The van der Waals surface area contributed by atoms with Crippen LogP contribution in [0.15, 0.2) is 36.0 Å². The lowest BCUT2D eigenvalue weighted by atomic mass is 10.1. The average molecular weight is 249 g/mol. The molecule has 1 aromatic heterocycles. The Kier molecular flexibility index (Phi) is 4.12. The minimum Gasteiger partial charge on any atom is -0.488 e. The first kappa shape index (κ1) is 12.1. The Morgan fingerprint density at radius 1 is 1.35 bits per heavy atom. The third-order valence-electron chi connectivity index (χ3n) is 2.52. The van der Waals surface area contributed by atoms with Gasteiger partial charge in [-0.2, -0.15) is 0 Å². The topological polar surface area (TPSA) is 42.4 Å². The summed E-state index contributed by atoms with van der Waals surface area (Å²) in [5, 5.41) is 9.65. The molecule has 1 heterocycles. The van der Waals surface area contributed by atoms with Gasteiger partial charge in [-0.15, -0.1) is 11.3 Å². The molecule has 0 amide bonds. The average Bonchev–Trinajstić information content (AvgIpc) is 2.89. The molecule has 0 bridgehead atoms. The van der Waals surface area contributed by atoms with Gasteiger partial charge in [0.1, 0.15) is 12.4 Å². The molecule has 1 N–H and O–H groups in total. The number of ether oxygens (including phenoxy) is 1. The third-order valence-corrected chi connectivity index (χ3v) is 3.27. The zero-order valence-electron chi connectivity index (χ0n) is 9.67. The smallest absolute Gasteiger partial charge is 0.124 e. The molecule has 0 aliphatic heterocycles. The van der Waals surface area contributed by atoms with Crippen molar-refractivity contribution in [2.24, 2.45) is 0 Å². The molecule has 0 spiro atoms. The minimum absolute atomic E-state index is 0.384. The standard InChI is InChI=1S/C13H15NO2S/c1-2-13(15)10-3-5-11(6-4-10)16-8-12-7-14-9-17-12/h3-7,9,13,15H,2,8H2,1H3/t13-/m0/s1. The van der Waals surface area contributed by atoms with Crippen LogP contribution in [0.3, 0.4) is 0 Å². The maximum Gasteiger partial charge on any atom is 0.124 e. The van der Waals surface area contributed by atoms with Crippen LogP contribution >= 0.6 is 11.3 Å². The van der Waals surface area contributed by atoms with Crippen LogP contribution in [0.1, 0.15) is 29.9 Å². The molecule has 1 atom stereocenters. The second kappa shape index (κ2) is 5.80. The van der Waals surface area contributed by atoms with E-state index >= 15 is 0 Å². The predicted molar refractivity (Wildman–Crippen MR) is 68.1 cm³/mol. The summed E-state index contributed by atoms with van der Waals surface area (Å²) in [4.78, 5) is 5.09. The number of aliphatic hydroxyl groups is 1. The van der Waals surface area contributed by atoms with E-state index in [-0.39, 0.29) is 6.10 Å². The van der Waals surface area contributed by atoms with Gasteiger partial charge in [-0.25, -0.2) is 0 Å². The highest BCUT2D eigenvalue weighted by atomic mass is 32.1. The molecule has 1 aromatic carbocycles. The lowest BCUT2D eigenvalue weighted by molar-refractivity contribution is 0.173. The number of rotatable bonds is 5. The Hall–Kier alpha value is -1.39. The lowest BCUT2D eigenvalue weighted by Crippen LogP contribution is -1.96. The molecule has 0 fully saturated rings. The van der Waals surface area contributed by atoms with Gasteiger partial charge in [-0.3, -0.25) is 4.98 Å². The molecular weight excluding hydrogens is 234 g/mol. The van der Waals surface area contributed by atoms with E-state index in [0.717, 1.165) is 22.6 Å². The summed E-state index contributed by atoms with van der Waals surface area (Å²) in [5.74, 6) is 0.811. The second-order valence-corrected chi connectivity index (χ2v) is 4.72. The molecular formula is C13H15NO2S. The van der Waals surface area contributed by atoms with E-state index in [9.17, 15) is 5.11 Å². The number of hydrogen-bond acceptors (Lipinski definition) is 4. The van der Waals surface area contributed by atoms with Crippen LogP contribution in [0.5, 0.6) is 5.75 Å². The van der Waals surface area contributed by atoms with E-state index < -0.39 is 0 Å². The van der Waals surface area contributed by atoms with Crippen molar-refractivity contribution in [1.82, 2.24) is 4.98 Å².